The third kappa shape index (κ3) is 2.50. The lowest BCUT2D eigenvalue weighted by atomic mass is 10.1. The van der Waals surface area contributed by atoms with Crippen molar-refractivity contribution >= 4 is 16.6 Å². The van der Waals surface area contributed by atoms with Crippen LogP contribution in [0.1, 0.15) is 25.5 Å². The van der Waals surface area contributed by atoms with Gasteiger partial charge in [-0.2, -0.15) is 8.78 Å². The number of fused-ring (bicyclic) bond motifs is 1. The summed E-state index contributed by atoms with van der Waals surface area (Å²) in [4.78, 5) is 4.43. The number of halogens is 2. The van der Waals surface area contributed by atoms with Crippen LogP contribution in [-0.2, 0) is 0 Å². The molecule has 3 nitrogen and oxygen atoms in total. The van der Waals surface area contributed by atoms with E-state index >= 15 is 0 Å². The molecule has 0 aliphatic rings. The monoisotopic (exact) mass is 252 g/mol. The third-order valence-corrected chi connectivity index (χ3v) is 2.65. The lowest BCUT2D eigenvalue weighted by Crippen LogP contribution is -2.02. The van der Waals surface area contributed by atoms with Gasteiger partial charge in [0.1, 0.15) is 5.75 Å². The molecule has 0 saturated carbocycles. The molecule has 0 aliphatic carbocycles. The largest absolute Gasteiger partial charge is 0.435 e. The van der Waals surface area contributed by atoms with E-state index in [1.54, 1.807) is 12.1 Å². The molecular weight excluding hydrogens is 238 g/mol. The maximum Gasteiger partial charge on any atom is 0.387 e. The number of hydrogen-bond donors (Lipinski definition) is 1. The van der Waals surface area contributed by atoms with E-state index in [0.717, 1.165) is 5.69 Å². The van der Waals surface area contributed by atoms with Crippen LogP contribution in [0.25, 0.3) is 10.9 Å². The molecule has 0 unspecified atom stereocenters. The van der Waals surface area contributed by atoms with Gasteiger partial charge in [-0.15, -0.1) is 0 Å². The van der Waals surface area contributed by atoms with Crippen molar-refractivity contribution in [2.24, 2.45) is 0 Å². The van der Waals surface area contributed by atoms with E-state index in [1.807, 2.05) is 13.8 Å². The van der Waals surface area contributed by atoms with Crippen molar-refractivity contribution in [2.75, 3.05) is 5.73 Å². The zero-order valence-electron chi connectivity index (χ0n) is 10.2. The van der Waals surface area contributed by atoms with E-state index in [9.17, 15) is 8.78 Å². The van der Waals surface area contributed by atoms with Crippen LogP contribution in [-0.4, -0.2) is 11.6 Å². The van der Waals surface area contributed by atoms with Crippen molar-refractivity contribution in [3.05, 3.63) is 30.0 Å². The molecule has 0 bridgehead atoms. The topological polar surface area (TPSA) is 48.1 Å². The Hall–Kier alpha value is -1.91. The summed E-state index contributed by atoms with van der Waals surface area (Å²) in [6.45, 7) is 1.19. The maximum absolute atomic E-state index is 12.1. The van der Waals surface area contributed by atoms with Crippen LogP contribution in [0.5, 0.6) is 5.75 Å². The zero-order chi connectivity index (χ0) is 13.3. The predicted octanol–water partition coefficient (Wildman–Crippen LogP) is 3.54. The van der Waals surface area contributed by atoms with Crippen LogP contribution >= 0.6 is 0 Å². The van der Waals surface area contributed by atoms with Crippen molar-refractivity contribution in [1.29, 1.82) is 0 Å². The number of nitrogens with zero attached hydrogens (tertiary/aromatic N) is 1. The number of nitrogens with two attached hydrogens (primary N) is 1. The number of ether oxygens (including phenoxy) is 1. The van der Waals surface area contributed by atoms with Crippen LogP contribution < -0.4 is 10.5 Å². The van der Waals surface area contributed by atoms with E-state index in [-0.39, 0.29) is 11.7 Å². The molecule has 0 aliphatic heterocycles. The van der Waals surface area contributed by atoms with Crippen LogP contribution in [0.4, 0.5) is 14.5 Å². The number of nitrogen functional groups attached to an aromatic ring is 1. The Bertz CT molecular complexity index is 570. The van der Waals surface area contributed by atoms with Gasteiger partial charge in [0.2, 0.25) is 0 Å². The Morgan fingerprint density at radius 1 is 1.22 bits per heavy atom. The molecule has 0 amide bonds. The molecule has 0 atom stereocenters. The van der Waals surface area contributed by atoms with Crippen LogP contribution in [0.2, 0.25) is 0 Å². The SMILES string of the molecule is CC(C)c1cc(N)c2cc(OC(F)F)ccc2n1. The Kier molecular flexibility index (Phi) is 3.32. The fourth-order valence-corrected chi connectivity index (χ4v) is 1.72. The highest BCUT2D eigenvalue weighted by atomic mass is 19.3. The predicted molar refractivity (Wildman–Crippen MR) is 66.9 cm³/mol. The van der Waals surface area contributed by atoms with Gasteiger partial charge in [0, 0.05) is 16.8 Å². The minimum atomic E-state index is -2.84. The summed E-state index contributed by atoms with van der Waals surface area (Å²) in [5.74, 6) is 0.344. The number of anilines is 1. The molecular formula is C13H14F2N2O. The molecule has 0 spiro atoms. The third-order valence-electron chi connectivity index (χ3n) is 2.65. The van der Waals surface area contributed by atoms with Crippen molar-refractivity contribution in [3.63, 3.8) is 0 Å². The van der Waals surface area contributed by atoms with E-state index < -0.39 is 6.61 Å². The van der Waals surface area contributed by atoms with Crippen molar-refractivity contribution in [1.82, 2.24) is 4.98 Å². The van der Waals surface area contributed by atoms with Gasteiger partial charge in [-0.05, 0) is 30.2 Å². The van der Waals surface area contributed by atoms with Gasteiger partial charge in [-0.3, -0.25) is 4.98 Å². The molecule has 0 radical (unpaired) electrons. The Morgan fingerprint density at radius 2 is 1.94 bits per heavy atom. The normalized spacial score (nSPS) is 11.4. The van der Waals surface area contributed by atoms with Crippen LogP contribution in [0.15, 0.2) is 24.3 Å². The first-order valence-corrected chi connectivity index (χ1v) is 5.62. The molecule has 1 aromatic carbocycles. The molecule has 0 saturated heterocycles. The van der Waals surface area contributed by atoms with Gasteiger partial charge in [-0.1, -0.05) is 13.8 Å². The maximum atomic E-state index is 12.1. The van der Waals surface area contributed by atoms with Crippen molar-refractivity contribution < 1.29 is 13.5 Å². The van der Waals surface area contributed by atoms with E-state index in [1.165, 1.54) is 12.1 Å². The molecule has 0 fully saturated rings. The number of aromatic nitrogens is 1. The average molecular weight is 252 g/mol. The first-order chi connectivity index (χ1) is 8.47. The van der Waals surface area contributed by atoms with Crippen molar-refractivity contribution in [2.45, 2.75) is 26.4 Å². The number of benzene rings is 1. The van der Waals surface area contributed by atoms with Gasteiger partial charge in [-0.25, -0.2) is 0 Å². The molecule has 1 aromatic heterocycles. The van der Waals surface area contributed by atoms with Gasteiger partial charge in [0.25, 0.3) is 0 Å². The smallest absolute Gasteiger partial charge is 0.387 e. The fraction of sp³-hybridized carbons (Fsp3) is 0.308. The highest BCUT2D eigenvalue weighted by molar-refractivity contribution is 5.91. The van der Waals surface area contributed by atoms with Crippen molar-refractivity contribution in [3.8, 4) is 5.75 Å². The fourth-order valence-electron chi connectivity index (χ4n) is 1.72. The van der Waals surface area contributed by atoms with Gasteiger partial charge >= 0.3 is 6.61 Å². The number of alkyl halides is 2. The highest BCUT2D eigenvalue weighted by Crippen LogP contribution is 2.28. The standard InChI is InChI=1S/C13H14F2N2O/c1-7(2)12-6-10(16)9-5-8(18-13(14)15)3-4-11(9)17-12/h3-7,13H,1-2H3,(H2,16,17). The quantitative estimate of drug-likeness (QED) is 0.908. The van der Waals surface area contributed by atoms with Crippen LogP contribution in [0.3, 0.4) is 0 Å². The van der Waals surface area contributed by atoms with Gasteiger partial charge in [0.15, 0.2) is 0 Å². The minimum Gasteiger partial charge on any atom is -0.435 e. The van der Waals surface area contributed by atoms with Crippen LogP contribution in [0, 0.1) is 0 Å². The van der Waals surface area contributed by atoms with Gasteiger partial charge in [0.05, 0.1) is 5.52 Å². The van der Waals surface area contributed by atoms with E-state index in [4.69, 9.17) is 5.73 Å². The Morgan fingerprint density at radius 3 is 2.56 bits per heavy atom. The first-order valence-electron chi connectivity index (χ1n) is 5.62. The second-order valence-corrected chi connectivity index (χ2v) is 4.35. The van der Waals surface area contributed by atoms with E-state index in [2.05, 4.69) is 9.72 Å². The minimum absolute atomic E-state index is 0.0864. The summed E-state index contributed by atoms with van der Waals surface area (Å²) < 4.78 is 28.6. The summed E-state index contributed by atoms with van der Waals surface area (Å²) >= 11 is 0. The molecule has 2 aromatic rings. The number of rotatable bonds is 3. The summed E-state index contributed by atoms with van der Waals surface area (Å²) in [5, 5.41) is 0.623. The number of pyridine rings is 1. The lowest BCUT2D eigenvalue weighted by molar-refractivity contribution is -0.0497. The second-order valence-electron chi connectivity index (χ2n) is 4.35. The zero-order valence-corrected chi connectivity index (χ0v) is 10.2. The molecule has 18 heavy (non-hydrogen) atoms. The summed E-state index contributed by atoms with van der Waals surface area (Å²) in [6.07, 6.45) is 0. The summed E-state index contributed by atoms with van der Waals surface area (Å²) in [5.41, 5.74) is 7.99. The summed E-state index contributed by atoms with van der Waals surface area (Å²) in [6, 6.07) is 6.34. The Balaban J connectivity index is 2.51. The summed E-state index contributed by atoms with van der Waals surface area (Å²) in [7, 11) is 0. The highest BCUT2D eigenvalue weighted by Gasteiger charge is 2.09. The number of hydrogen-bond acceptors (Lipinski definition) is 3. The lowest BCUT2D eigenvalue weighted by Gasteiger charge is -2.10. The Labute approximate surface area is 104 Å². The molecule has 96 valence electrons. The van der Waals surface area contributed by atoms with Gasteiger partial charge < -0.3 is 10.5 Å². The second kappa shape index (κ2) is 4.76. The van der Waals surface area contributed by atoms with E-state index in [0.29, 0.717) is 16.6 Å². The molecule has 2 N–H and O–H groups in total. The molecule has 1 heterocycles. The average Bonchev–Trinajstić information content (AvgIpc) is 2.28. The first kappa shape index (κ1) is 12.5. The molecule has 2 rings (SSSR count). The molecule has 5 heteroatoms.